The van der Waals surface area contributed by atoms with Crippen molar-refractivity contribution in [3.63, 3.8) is 0 Å². The van der Waals surface area contributed by atoms with Crippen LogP contribution in [0.5, 0.6) is 0 Å². The van der Waals surface area contributed by atoms with Crippen molar-refractivity contribution in [3.8, 4) is 0 Å². The molecule has 0 unspecified atom stereocenters. The van der Waals surface area contributed by atoms with Crippen LogP contribution in [-0.2, 0) is 6.42 Å². The van der Waals surface area contributed by atoms with Crippen molar-refractivity contribution in [2.24, 2.45) is 0 Å². The van der Waals surface area contributed by atoms with Gasteiger partial charge in [-0.3, -0.25) is 4.98 Å². The van der Waals surface area contributed by atoms with Crippen LogP contribution in [0.2, 0.25) is 0 Å². The molecule has 3 heteroatoms. The van der Waals surface area contributed by atoms with E-state index in [1.54, 1.807) is 12.4 Å². The predicted molar refractivity (Wildman–Crippen MR) is 41.2 cm³/mol. The van der Waals surface area contributed by atoms with Gasteiger partial charge in [-0.2, -0.15) is 0 Å². The smallest absolute Gasteiger partial charge is 0.185 e. The minimum atomic E-state index is 0.752. The van der Waals surface area contributed by atoms with Gasteiger partial charge in [0.15, 0.2) is 5.58 Å². The van der Waals surface area contributed by atoms with Crippen molar-refractivity contribution in [2.75, 3.05) is 0 Å². The molecule has 11 heavy (non-hydrogen) atoms. The lowest BCUT2D eigenvalue weighted by molar-refractivity contribution is 0.455. The molecule has 56 valence electrons. The molecule has 0 radical (unpaired) electrons. The molecule has 0 atom stereocenters. The van der Waals surface area contributed by atoms with Gasteiger partial charge in [-0.1, -0.05) is 12.1 Å². The van der Waals surface area contributed by atoms with Crippen molar-refractivity contribution in [1.29, 1.82) is 0 Å². The number of aromatic nitrogens is 2. The zero-order valence-corrected chi connectivity index (χ0v) is 6.24. The maximum atomic E-state index is 4.90. The van der Waals surface area contributed by atoms with Gasteiger partial charge in [0, 0.05) is 11.1 Å². The Bertz CT molecular complexity index is 367. The fourth-order valence-electron chi connectivity index (χ4n) is 1.01. The molecule has 0 N–H and O–H groups in total. The second-order valence-corrected chi connectivity index (χ2v) is 2.39. The Morgan fingerprint density at radius 2 is 2.36 bits per heavy atom. The number of hydrogen-bond acceptors (Lipinski definition) is 3. The Hall–Kier alpha value is -1.38. The Labute approximate surface area is 64.0 Å². The van der Waals surface area contributed by atoms with E-state index in [1.807, 2.05) is 6.07 Å². The highest BCUT2D eigenvalue weighted by Crippen LogP contribution is 2.12. The van der Waals surface area contributed by atoms with Gasteiger partial charge < -0.3 is 4.52 Å². The van der Waals surface area contributed by atoms with E-state index in [4.69, 9.17) is 4.52 Å². The van der Waals surface area contributed by atoms with Crippen molar-refractivity contribution >= 4 is 11.0 Å². The summed E-state index contributed by atoms with van der Waals surface area (Å²) in [7, 11) is 0. The molecular weight excluding hydrogens is 140 g/mol. The Morgan fingerprint density at radius 3 is 3.18 bits per heavy atom. The molecule has 0 saturated heterocycles. The second-order valence-electron chi connectivity index (χ2n) is 2.39. The summed E-state index contributed by atoms with van der Waals surface area (Å²) in [6, 6.07) is 1.99. The standard InChI is InChI=1S/C8H8N2O/c1-2-7-3-6-4-10-11-8(6)5-9-7/h3-5H,2H2,1H3. The molecule has 0 aliphatic heterocycles. The van der Waals surface area contributed by atoms with Crippen LogP contribution in [0.15, 0.2) is 23.0 Å². The van der Waals surface area contributed by atoms with Gasteiger partial charge in [0.25, 0.3) is 0 Å². The van der Waals surface area contributed by atoms with Crippen LogP contribution in [0.1, 0.15) is 12.6 Å². The fourth-order valence-corrected chi connectivity index (χ4v) is 1.01. The van der Waals surface area contributed by atoms with Crippen LogP contribution in [0.25, 0.3) is 11.0 Å². The van der Waals surface area contributed by atoms with E-state index in [-0.39, 0.29) is 0 Å². The van der Waals surface area contributed by atoms with Crippen LogP contribution >= 0.6 is 0 Å². The minimum absolute atomic E-state index is 0.752. The molecular formula is C8H8N2O. The molecule has 2 aromatic heterocycles. The number of rotatable bonds is 1. The Kier molecular flexibility index (Phi) is 1.35. The first kappa shape index (κ1) is 6.34. The summed E-state index contributed by atoms with van der Waals surface area (Å²) in [5.74, 6) is 0. The van der Waals surface area contributed by atoms with E-state index in [0.717, 1.165) is 23.1 Å². The molecule has 2 heterocycles. The summed E-state index contributed by atoms with van der Waals surface area (Å²) < 4.78 is 4.90. The van der Waals surface area contributed by atoms with Crippen LogP contribution in [-0.4, -0.2) is 10.1 Å². The summed E-state index contributed by atoms with van der Waals surface area (Å²) in [6.45, 7) is 2.07. The molecule has 0 fully saturated rings. The number of nitrogens with zero attached hydrogens (tertiary/aromatic N) is 2. The maximum Gasteiger partial charge on any atom is 0.185 e. The van der Waals surface area contributed by atoms with Gasteiger partial charge in [-0.15, -0.1) is 0 Å². The van der Waals surface area contributed by atoms with E-state index in [1.165, 1.54) is 0 Å². The number of pyridine rings is 1. The topological polar surface area (TPSA) is 38.9 Å². The summed E-state index contributed by atoms with van der Waals surface area (Å²) in [6.07, 6.45) is 4.36. The maximum absolute atomic E-state index is 4.90. The van der Waals surface area contributed by atoms with Crippen LogP contribution < -0.4 is 0 Å². The monoisotopic (exact) mass is 148 g/mol. The van der Waals surface area contributed by atoms with Gasteiger partial charge in [-0.05, 0) is 12.5 Å². The Balaban J connectivity index is 2.67. The summed E-state index contributed by atoms with van der Waals surface area (Å²) >= 11 is 0. The number of aryl methyl sites for hydroxylation is 1. The number of hydrogen-bond donors (Lipinski definition) is 0. The van der Waals surface area contributed by atoms with Gasteiger partial charge in [0.05, 0.1) is 12.4 Å². The molecule has 0 saturated carbocycles. The fraction of sp³-hybridized carbons (Fsp3) is 0.250. The molecule has 0 spiro atoms. The lowest BCUT2D eigenvalue weighted by Crippen LogP contribution is -1.83. The van der Waals surface area contributed by atoms with Gasteiger partial charge in [0.2, 0.25) is 0 Å². The third kappa shape index (κ3) is 0.981. The molecule has 0 aliphatic rings. The average molecular weight is 148 g/mol. The molecule has 2 rings (SSSR count). The molecule has 2 aromatic rings. The van der Waals surface area contributed by atoms with Crippen molar-refractivity contribution in [2.45, 2.75) is 13.3 Å². The molecule has 0 aromatic carbocycles. The summed E-state index contributed by atoms with van der Waals surface area (Å²) in [4.78, 5) is 4.16. The summed E-state index contributed by atoms with van der Waals surface area (Å²) in [5, 5.41) is 4.69. The first-order chi connectivity index (χ1) is 5.40. The van der Waals surface area contributed by atoms with Crippen LogP contribution in [0.3, 0.4) is 0 Å². The van der Waals surface area contributed by atoms with Crippen LogP contribution in [0, 0.1) is 0 Å². The lowest BCUT2D eigenvalue weighted by atomic mass is 10.2. The van der Waals surface area contributed by atoms with E-state index in [0.29, 0.717) is 0 Å². The van der Waals surface area contributed by atoms with Crippen LogP contribution in [0.4, 0.5) is 0 Å². The largest absolute Gasteiger partial charge is 0.355 e. The van der Waals surface area contributed by atoms with E-state index >= 15 is 0 Å². The minimum Gasteiger partial charge on any atom is -0.355 e. The van der Waals surface area contributed by atoms with Crippen molar-refractivity contribution < 1.29 is 4.52 Å². The molecule has 3 nitrogen and oxygen atoms in total. The molecule has 0 aliphatic carbocycles. The third-order valence-corrected chi connectivity index (χ3v) is 1.66. The van der Waals surface area contributed by atoms with Gasteiger partial charge in [-0.25, -0.2) is 0 Å². The first-order valence-corrected chi connectivity index (χ1v) is 3.59. The third-order valence-electron chi connectivity index (χ3n) is 1.66. The van der Waals surface area contributed by atoms with Gasteiger partial charge >= 0.3 is 0 Å². The SMILES string of the molecule is CCc1cc2cnoc2cn1. The quantitative estimate of drug-likeness (QED) is 0.618. The van der Waals surface area contributed by atoms with Crippen molar-refractivity contribution in [3.05, 3.63) is 24.2 Å². The first-order valence-electron chi connectivity index (χ1n) is 3.59. The zero-order chi connectivity index (χ0) is 7.68. The van der Waals surface area contributed by atoms with E-state index in [9.17, 15) is 0 Å². The summed E-state index contributed by atoms with van der Waals surface area (Å²) in [5.41, 5.74) is 1.82. The molecule has 0 amide bonds. The van der Waals surface area contributed by atoms with Gasteiger partial charge in [0.1, 0.15) is 0 Å². The lowest BCUT2D eigenvalue weighted by Gasteiger charge is -1.91. The second kappa shape index (κ2) is 2.34. The average Bonchev–Trinajstić information content (AvgIpc) is 2.50. The number of fused-ring (bicyclic) bond motifs is 1. The highest BCUT2D eigenvalue weighted by molar-refractivity contribution is 5.74. The normalized spacial score (nSPS) is 10.6. The highest BCUT2D eigenvalue weighted by atomic mass is 16.5. The Morgan fingerprint density at radius 1 is 1.45 bits per heavy atom. The predicted octanol–water partition coefficient (Wildman–Crippen LogP) is 1.79. The van der Waals surface area contributed by atoms with E-state index in [2.05, 4.69) is 17.1 Å². The van der Waals surface area contributed by atoms with Crippen molar-refractivity contribution in [1.82, 2.24) is 10.1 Å². The molecule has 0 bridgehead atoms. The highest BCUT2D eigenvalue weighted by Gasteiger charge is 1.98. The van der Waals surface area contributed by atoms with E-state index < -0.39 is 0 Å². The zero-order valence-electron chi connectivity index (χ0n) is 6.24.